The Kier molecular flexibility index (Phi) is 7.10. The molecule has 0 saturated heterocycles. The van der Waals surface area contributed by atoms with Crippen LogP contribution in [0.25, 0.3) is 0 Å². The highest BCUT2D eigenvalue weighted by Crippen LogP contribution is 2.30. The van der Waals surface area contributed by atoms with Crippen LogP contribution in [0.1, 0.15) is 6.42 Å². The third-order valence-corrected chi connectivity index (χ3v) is 7.04. The Bertz CT molecular complexity index is 543. The van der Waals surface area contributed by atoms with Gasteiger partial charge in [0.1, 0.15) is 4.21 Å². The summed E-state index contributed by atoms with van der Waals surface area (Å²) in [6.45, 7) is 0.492. The minimum atomic E-state index is -3.65. The molecule has 20 heavy (non-hydrogen) atoms. The summed E-state index contributed by atoms with van der Waals surface area (Å²) in [4.78, 5) is 11.2. The van der Waals surface area contributed by atoms with Crippen LogP contribution in [0.5, 0.6) is 0 Å². The molecule has 0 saturated carbocycles. The van der Waals surface area contributed by atoms with E-state index >= 15 is 0 Å². The zero-order valence-electron chi connectivity index (χ0n) is 11.2. The highest BCUT2D eigenvalue weighted by Gasteiger charge is 2.28. The highest BCUT2D eigenvalue weighted by atomic mass is 79.9. The lowest BCUT2D eigenvalue weighted by atomic mass is 10.4. The summed E-state index contributed by atoms with van der Waals surface area (Å²) < 4.78 is 36.5. The molecule has 0 fully saturated rings. The molecular formula is C11H16BrNO5S2. The first-order valence-electron chi connectivity index (χ1n) is 5.72. The number of hydrogen-bond acceptors (Lipinski definition) is 6. The second-order valence-electron chi connectivity index (χ2n) is 3.78. The van der Waals surface area contributed by atoms with Gasteiger partial charge in [0.15, 0.2) is 0 Å². The van der Waals surface area contributed by atoms with Crippen molar-refractivity contribution in [3.05, 3.63) is 15.9 Å². The van der Waals surface area contributed by atoms with Crippen LogP contribution >= 0.6 is 27.3 Å². The minimum absolute atomic E-state index is 0.00242. The number of ether oxygens (including phenoxy) is 2. The zero-order valence-corrected chi connectivity index (χ0v) is 14.4. The lowest BCUT2D eigenvalue weighted by Gasteiger charge is -2.20. The van der Waals surface area contributed by atoms with Crippen molar-refractivity contribution < 1.29 is 22.7 Å². The number of carbonyl (C=O) groups is 1. The molecular weight excluding hydrogens is 370 g/mol. The number of hydrogen-bond donors (Lipinski definition) is 0. The van der Waals surface area contributed by atoms with Crippen LogP contribution < -0.4 is 0 Å². The average molecular weight is 386 g/mol. The first-order chi connectivity index (χ1) is 9.43. The van der Waals surface area contributed by atoms with E-state index in [1.165, 1.54) is 18.5 Å². The molecule has 0 N–H and O–H groups in total. The number of thiophene rings is 1. The molecule has 0 atom stereocenters. The second kappa shape index (κ2) is 8.08. The molecule has 0 unspecified atom stereocenters. The van der Waals surface area contributed by atoms with E-state index in [4.69, 9.17) is 4.74 Å². The standard InChI is InChI=1S/C11H16BrNO5S2/c1-17-7-6-13(5-3-10(14)18-2)20(15,16)11-9(12)4-8-19-11/h4,8H,3,5-7H2,1-2H3. The Labute approximate surface area is 130 Å². The van der Waals surface area contributed by atoms with Crippen LogP contribution in [0.3, 0.4) is 0 Å². The highest BCUT2D eigenvalue weighted by molar-refractivity contribution is 9.10. The lowest BCUT2D eigenvalue weighted by molar-refractivity contribution is -0.140. The van der Waals surface area contributed by atoms with Gasteiger partial charge >= 0.3 is 5.97 Å². The number of esters is 1. The van der Waals surface area contributed by atoms with Crippen LogP contribution in [-0.2, 0) is 24.3 Å². The van der Waals surface area contributed by atoms with Gasteiger partial charge in [-0.2, -0.15) is 4.31 Å². The molecule has 0 aliphatic rings. The van der Waals surface area contributed by atoms with Gasteiger partial charge in [-0.05, 0) is 27.4 Å². The van der Waals surface area contributed by atoms with Gasteiger partial charge in [-0.15, -0.1) is 11.3 Å². The van der Waals surface area contributed by atoms with E-state index < -0.39 is 16.0 Å². The summed E-state index contributed by atoms with van der Waals surface area (Å²) in [5.41, 5.74) is 0. The van der Waals surface area contributed by atoms with E-state index in [9.17, 15) is 13.2 Å². The topological polar surface area (TPSA) is 72.9 Å². The fourth-order valence-corrected chi connectivity index (χ4v) is 5.32. The van der Waals surface area contributed by atoms with Crippen molar-refractivity contribution in [2.75, 3.05) is 33.9 Å². The lowest BCUT2D eigenvalue weighted by Crippen LogP contribution is -2.35. The maximum absolute atomic E-state index is 12.5. The van der Waals surface area contributed by atoms with Crippen molar-refractivity contribution in [2.24, 2.45) is 0 Å². The average Bonchev–Trinajstić information content (AvgIpc) is 2.85. The quantitative estimate of drug-likeness (QED) is 0.636. The van der Waals surface area contributed by atoms with E-state index in [2.05, 4.69) is 20.7 Å². The second-order valence-corrected chi connectivity index (χ2v) is 7.68. The number of carbonyl (C=O) groups excluding carboxylic acids is 1. The van der Waals surface area contributed by atoms with Gasteiger partial charge in [0.05, 0.1) is 20.1 Å². The first-order valence-corrected chi connectivity index (χ1v) is 8.83. The van der Waals surface area contributed by atoms with Crippen molar-refractivity contribution in [1.82, 2.24) is 4.31 Å². The number of methoxy groups -OCH3 is 2. The van der Waals surface area contributed by atoms with Crippen molar-refractivity contribution in [3.63, 3.8) is 0 Å². The maximum atomic E-state index is 12.5. The third-order valence-electron chi connectivity index (χ3n) is 2.50. The van der Waals surface area contributed by atoms with Crippen LogP contribution in [0.2, 0.25) is 0 Å². The minimum Gasteiger partial charge on any atom is -0.469 e. The molecule has 9 heteroatoms. The molecule has 0 aromatic carbocycles. The Balaban J connectivity index is 2.91. The van der Waals surface area contributed by atoms with Gasteiger partial charge in [-0.25, -0.2) is 8.42 Å². The predicted octanol–water partition coefficient (Wildman–Crippen LogP) is 1.71. The van der Waals surface area contributed by atoms with E-state index in [0.717, 1.165) is 11.3 Å². The normalized spacial score (nSPS) is 11.8. The molecule has 1 heterocycles. The number of nitrogens with zero attached hydrogens (tertiary/aromatic N) is 1. The van der Waals surface area contributed by atoms with E-state index in [-0.39, 0.29) is 30.3 Å². The van der Waals surface area contributed by atoms with Crippen LogP contribution in [0, 0.1) is 0 Å². The number of sulfonamides is 1. The SMILES string of the molecule is COCCN(CCC(=O)OC)S(=O)(=O)c1sccc1Br. The van der Waals surface area contributed by atoms with Crippen LogP contribution in [-0.4, -0.2) is 52.6 Å². The van der Waals surface area contributed by atoms with Gasteiger partial charge in [0.25, 0.3) is 10.0 Å². The Hall–Kier alpha value is -0.480. The Morgan fingerprint density at radius 3 is 2.60 bits per heavy atom. The van der Waals surface area contributed by atoms with E-state index in [1.54, 1.807) is 11.4 Å². The van der Waals surface area contributed by atoms with Crippen LogP contribution in [0.15, 0.2) is 20.1 Å². The largest absolute Gasteiger partial charge is 0.469 e. The van der Waals surface area contributed by atoms with E-state index in [0.29, 0.717) is 4.47 Å². The molecule has 1 aromatic rings. The summed E-state index contributed by atoms with van der Waals surface area (Å²) >= 11 is 4.34. The molecule has 1 aromatic heterocycles. The third kappa shape index (κ3) is 4.52. The molecule has 114 valence electrons. The van der Waals surface area contributed by atoms with Gasteiger partial charge in [-0.1, -0.05) is 0 Å². The summed E-state index contributed by atoms with van der Waals surface area (Å²) in [5, 5.41) is 1.69. The summed E-state index contributed by atoms with van der Waals surface area (Å²) in [7, 11) is -0.885. The van der Waals surface area contributed by atoms with Crippen LogP contribution in [0.4, 0.5) is 0 Å². The molecule has 0 aliphatic carbocycles. The maximum Gasteiger partial charge on any atom is 0.306 e. The van der Waals surface area contributed by atoms with Crippen molar-refractivity contribution >= 4 is 43.3 Å². The van der Waals surface area contributed by atoms with Crippen molar-refractivity contribution in [1.29, 1.82) is 0 Å². The molecule has 6 nitrogen and oxygen atoms in total. The first kappa shape index (κ1) is 17.6. The van der Waals surface area contributed by atoms with Gasteiger partial charge in [0.2, 0.25) is 0 Å². The summed E-state index contributed by atoms with van der Waals surface area (Å²) in [6.07, 6.45) is 0.00242. The molecule has 0 radical (unpaired) electrons. The van der Waals surface area contributed by atoms with Crippen molar-refractivity contribution in [2.45, 2.75) is 10.6 Å². The van der Waals surface area contributed by atoms with Gasteiger partial charge in [0, 0.05) is 24.7 Å². The Morgan fingerprint density at radius 2 is 2.10 bits per heavy atom. The van der Waals surface area contributed by atoms with E-state index in [1.807, 2.05) is 0 Å². The number of halogens is 1. The monoisotopic (exact) mass is 385 g/mol. The molecule has 0 aliphatic heterocycles. The molecule has 0 bridgehead atoms. The van der Waals surface area contributed by atoms with Gasteiger partial charge < -0.3 is 9.47 Å². The number of rotatable bonds is 8. The summed E-state index contributed by atoms with van der Waals surface area (Å²) in [5.74, 6) is -0.451. The van der Waals surface area contributed by atoms with Gasteiger partial charge in [-0.3, -0.25) is 4.79 Å². The molecule has 0 amide bonds. The van der Waals surface area contributed by atoms with Crippen molar-refractivity contribution in [3.8, 4) is 0 Å². The zero-order chi connectivity index (χ0) is 15.2. The molecule has 0 spiro atoms. The fraction of sp³-hybridized carbons (Fsp3) is 0.545. The predicted molar refractivity (Wildman–Crippen MR) is 79.3 cm³/mol. The Morgan fingerprint density at radius 1 is 1.40 bits per heavy atom. The molecule has 1 rings (SSSR count). The fourth-order valence-electron chi connectivity index (χ4n) is 1.44. The smallest absolute Gasteiger partial charge is 0.306 e. The summed E-state index contributed by atoms with van der Waals surface area (Å²) in [6, 6.07) is 1.67.